The molecule has 1 aromatic rings. The van der Waals surface area contributed by atoms with Gasteiger partial charge in [-0.2, -0.15) is 5.10 Å². The highest BCUT2D eigenvalue weighted by atomic mass is 16.3. The van der Waals surface area contributed by atoms with Gasteiger partial charge in [-0.25, -0.2) is 0 Å². The summed E-state index contributed by atoms with van der Waals surface area (Å²) in [5, 5.41) is 13.1. The lowest BCUT2D eigenvalue weighted by Crippen LogP contribution is -2.09. The minimum absolute atomic E-state index is 0.283. The van der Waals surface area contributed by atoms with Crippen molar-refractivity contribution in [1.29, 1.82) is 0 Å². The van der Waals surface area contributed by atoms with E-state index in [1.165, 1.54) is 0 Å². The Morgan fingerprint density at radius 2 is 2.42 bits per heavy atom. The normalized spacial score (nSPS) is 13.2. The smallest absolute Gasteiger partial charge is 0.0730 e. The van der Waals surface area contributed by atoms with Gasteiger partial charge in [0, 0.05) is 6.54 Å². The van der Waals surface area contributed by atoms with Crippen molar-refractivity contribution in [1.82, 2.24) is 9.78 Å². The van der Waals surface area contributed by atoms with Gasteiger partial charge in [-0.05, 0) is 20.3 Å². The van der Waals surface area contributed by atoms with Crippen LogP contribution in [0.3, 0.4) is 0 Å². The van der Waals surface area contributed by atoms with Crippen LogP contribution in [0.15, 0.2) is 6.20 Å². The average molecular weight is 169 g/mol. The van der Waals surface area contributed by atoms with Crippen LogP contribution in [0.25, 0.3) is 0 Å². The van der Waals surface area contributed by atoms with Crippen molar-refractivity contribution in [2.24, 2.45) is 0 Å². The second-order valence-electron chi connectivity index (χ2n) is 3.05. The standard InChI is InChI=1S/C8H15N3O/c1-6(12)3-4-11-7(2)8(9)5-10-11/h5-6,12H,3-4,9H2,1-2H3. The van der Waals surface area contributed by atoms with Gasteiger partial charge in [0.25, 0.3) is 0 Å². The summed E-state index contributed by atoms with van der Waals surface area (Å²) in [5.41, 5.74) is 7.28. The lowest BCUT2D eigenvalue weighted by molar-refractivity contribution is 0.176. The lowest BCUT2D eigenvalue weighted by atomic mass is 10.3. The lowest BCUT2D eigenvalue weighted by Gasteiger charge is -2.05. The van der Waals surface area contributed by atoms with Gasteiger partial charge in [0.2, 0.25) is 0 Å². The number of hydrogen-bond acceptors (Lipinski definition) is 3. The highest BCUT2D eigenvalue weighted by Gasteiger charge is 2.03. The summed E-state index contributed by atoms with van der Waals surface area (Å²) in [6.45, 7) is 4.41. The third-order valence-electron chi connectivity index (χ3n) is 1.90. The van der Waals surface area contributed by atoms with E-state index in [0.29, 0.717) is 12.1 Å². The first kappa shape index (κ1) is 9.06. The predicted molar refractivity (Wildman–Crippen MR) is 47.7 cm³/mol. The van der Waals surface area contributed by atoms with Crippen LogP contribution in [0.1, 0.15) is 19.0 Å². The van der Waals surface area contributed by atoms with Crippen molar-refractivity contribution in [3.05, 3.63) is 11.9 Å². The molecule has 3 N–H and O–H groups in total. The molecule has 0 fully saturated rings. The largest absolute Gasteiger partial charge is 0.396 e. The third-order valence-corrected chi connectivity index (χ3v) is 1.90. The zero-order valence-electron chi connectivity index (χ0n) is 7.49. The first-order valence-electron chi connectivity index (χ1n) is 4.07. The molecule has 4 nitrogen and oxygen atoms in total. The molecule has 68 valence electrons. The van der Waals surface area contributed by atoms with Crippen molar-refractivity contribution in [3.8, 4) is 0 Å². The molecule has 0 saturated heterocycles. The molecule has 4 heteroatoms. The molecular formula is C8H15N3O. The molecule has 12 heavy (non-hydrogen) atoms. The predicted octanol–water partition coefficient (Wildman–Crippen LogP) is 0.545. The van der Waals surface area contributed by atoms with E-state index in [1.807, 2.05) is 11.6 Å². The Morgan fingerprint density at radius 1 is 1.75 bits per heavy atom. The molecule has 1 heterocycles. The van der Waals surface area contributed by atoms with Crippen LogP contribution in [0.5, 0.6) is 0 Å². The van der Waals surface area contributed by atoms with E-state index in [0.717, 1.165) is 12.2 Å². The van der Waals surface area contributed by atoms with Crippen LogP contribution in [0.2, 0.25) is 0 Å². The highest BCUT2D eigenvalue weighted by molar-refractivity contribution is 5.39. The Labute approximate surface area is 72.0 Å². The number of aliphatic hydroxyl groups is 1. The summed E-state index contributed by atoms with van der Waals surface area (Å²) in [6.07, 6.45) is 2.06. The number of hydrogen-bond donors (Lipinski definition) is 2. The van der Waals surface area contributed by atoms with Crippen molar-refractivity contribution in [3.63, 3.8) is 0 Å². The number of nitrogens with two attached hydrogens (primary N) is 1. The summed E-state index contributed by atoms with van der Waals surface area (Å²) >= 11 is 0. The molecule has 1 aromatic heterocycles. The molecule has 0 radical (unpaired) electrons. The van der Waals surface area contributed by atoms with E-state index >= 15 is 0 Å². The number of nitrogens with zero attached hydrogens (tertiary/aromatic N) is 2. The fourth-order valence-electron chi connectivity index (χ4n) is 0.995. The number of rotatable bonds is 3. The summed E-state index contributed by atoms with van der Waals surface area (Å²) in [4.78, 5) is 0. The zero-order valence-corrected chi connectivity index (χ0v) is 7.49. The second kappa shape index (κ2) is 3.58. The molecule has 0 bridgehead atoms. The zero-order chi connectivity index (χ0) is 9.14. The fourth-order valence-corrected chi connectivity index (χ4v) is 0.995. The molecule has 1 unspecified atom stereocenters. The SMILES string of the molecule is Cc1c(N)cnn1CCC(C)O. The van der Waals surface area contributed by atoms with Crippen molar-refractivity contribution in [2.45, 2.75) is 32.9 Å². The first-order chi connectivity index (χ1) is 5.61. The van der Waals surface area contributed by atoms with Crippen LogP contribution in [-0.4, -0.2) is 21.0 Å². The summed E-state index contributed by atoms with van der Waals surface area (Å²) < 4.78 is 1.81. The molecule has 0 saturated carbocycles. The van der Waals surface area contributed by atoms with Gasteiger partial charge in [0.05, 0.1) is 23.7 Å². The monoisotopic (exact) mass is 169 g/mol. The minimum Gasteiger partial charge on any atom is -0.396 e. The number of aryl methyl sites for hydroxylation is 1. The number of nitrogen functional groups attached to an aromatic ring is 1. The van der Waals surface area contributed by atoms with Crippen LogP contribution in [0, 0.1) is 6.92 Å². The van der Waals surface area contributed by atoms with Gasteiger partial charge >= 0.3 is 0 Å². The van der Waals surface area contributed by atoms with Crippen LogP contribution in [0.4, 0.5) is 5.69 Å². The maximum atomic E-state index is 9.04. The highest BCUT2D eigenvalue weighted by Crippen LogP contribution is 2.09. The Morgan fingerprint density at radius 3 is 2.83 bits per heavy atom. The average Bonchev–Trinajstić information content (AvgIpc) is 2.30. The number of anilines is 1. The van der Waals surface area contributed by atoms with Gasteiger partial charge in [0.15, 0.2) is 0 Å². The Hall–Kier alpha value is -1.03. The quantitative estimate of drug-likeness (QED) is 0.694. The molecule has 0 amide bonds. The van der Waals surface area contributed by atoms with Crippen molar-refractivity contribution in [2.75, 3.05) is 5.73 Å². The van der Waals surface area contributed by atoms with Gasteiger partial charge in [-0.3, -0.25) is 4.68 Å². The van der Waals surface area contributed by atoms with E-state index in [-0.39, 0.29) is 6.10 Å². The van der Waals surface area contributed by atoms with E-state index < -0.39 is 0 Å². The van der Waals surface area contributed by atoms with Crippen LogP contribution >= 0.6 is 0 Å². The summed E-state index contributed by atoms with van der Waals surface area (Å²) in [7, 11) is 0. The summed E-state index contributed by atoms with van der Waals surface area (Å²) in [6, 6.07) is 0. The van der Waals surface area contributed by atoms with E-state index in [2.05, 4.69) is 5.10 Å². The third kappa shape index (κ3) is 1.98. The molecule has 0 aliphatic heterocycles. The number of aliphatic hydroxyl groups excluding tert-OH is 1. The Kier molecular flexibility index (Phi) is 2.70. The van der Waals surface area contributed by atoms with Gasteiger partial charge < -0.3 is 10.8 Å². The topological polar surface area (TPSA) is 64.1 Å². The first-order valence-corrected chi connectivity index (χ1v) is 4.07. The second-order valence-corrected chi connectivity index (χ2v) is 3.05. The summed E-state index contributed by atoms with van der Waals surface area (Å²) in [5.74, 6) is 0. The van der Waals surface area contributed by atoms with Crippen LogP contribution in [-0.2, 0) is 6.54 Å². The van der Waals surface area contributed by atoms with Crippen molar-refractivity contribution < 1.29 is 5.11 Å². The van der Waals surface area contributed by atoms with E-state index in [4.69, 9.17) is 10.8 Å². The fraction of sp³-hybridized carbons (Fsp3) is 0.625. The minimum atomic E-state index is -0.283. The van der Waals surface area contributed by atoms with Crippen molar-refractivity contribution >= 4 is 5.69 Å². The van der Waals surface area contributed by atoms with Gasteiger partial charge in [-0.1, -0.05) is 0 Å². The van der Waals surface area contributed by atoms with Gasteiger partial charge in [0.1, 0.15) is 0 Å². The Bertz CT molecular complexity index is 255. The maximum absolute atomic E-state index is 9.04. The molecule has 1 atom stereocenters. The molecule has 0 aliphatic rings. The van der Waals surface area contributed by atoms with Gasteiger partial charge in [-0.15, -0.1) is 0 Å². The molecule has 0 aliphatic carbocycles. The molecule has 1 rings (SSSR count). The Balaban J connectivity index is 2.58. The van der Waals surface area contributed by atoms with E-state index in [9.17, 15) is 0 Å². The van der Waals surface area contributed by atoms with Crippen LogP contribution < -0.4 is 5.73 Å². The number of aromatic nitrogens is 2. The molecular weight excluding hydrogens is 154 g/mol. The van der Waals surface area contributed by atoms with E-state index in [1.54, 1.807) is 13.1 Å². The molecule has 0 spiro atoms. The maximum Gasteiger partial charge on any atom is 0.0730 e. The molecule has 0 aromatic carbocycles.